The number of likely N-dealkylation sites (tertiary alicyclic amines) is 1. The molecule has 0 aliphatic carbocycles. The summed E-state index contributed by atoms with van der Waals surface area (Å²) in [5.74, 6) is 1.46. The van der Waals surface area contributed by atoms with E-state index in [0.29, 0.717) is 5.75 Å². The van der Waals surface area contributed by atoms with E-state index in [-0.39, 0.29) is 5.91 Å². The molecule has 22 heavy (non-hydrogen) atoms. The molecule has 1 fully saturated rings. The van der Waals surface area contributed by atoms with Crippen molar-refractivity contribution in [3.63, 3.8) is 0 Å². The molecule has 1 aliphatic rings. The molecule has 116 valence electrons. The molecule has 1 aromatic carbocycles. The second-order valence-corrected chi connectivity index (χ2v) is 6.55. The van der Waals surface area contributed by atoms with Crippen molar-refractivity contribution in [2.45, 2.75) is 24.9 Å². The Morgan fingerprint density at radius 2 is 2.05 bits per heavy atom. The summed E-state index contributed by atoms with van der Waals surface area (Å²) in [6, 6.07) is 8.20. The zero-order valence-electron chi connectivity index (χ0n) is 13.0. The Morgan fingerprint density at radius 1 is 1.27 bits per heavy atom. The summed E-state index contributed by atoms with van der Waals surface area (Å²) in [7, 11) is 1.94. The maximum atomic E-state index is 12.1. The lowest BCUT2D eigenvalue weighted by atomic mass is 10.1. The predicted molar refractivity (Wildman–Crippen MR) is 87.7 cm³/mol. The molecule has 2 heterocycles. The zero-order chi connectivity index (χ0) is 15.5. The first kappa shape index (κ1) is 15.1. The summed E-state index contributed by atoms with van der Waals surface area (Å²) in [4.78, 5) is 14.0. The van der Waals surface area contributed by atoms with Gasteiger partial charge in [0.1, 0.15) is 0 Å². The standard InChI is InChI=1S/C16H20N4OS/c1-12-6-5-7-13(10-12)15-17-18-16(19(15)2)22-11-14(21)20-8-3-4-9-20/h5-7,10H,3-4,8-9,11H2,1-2H3. The fourth-order valence-electron chi connectivity index (χ4n) is 2.66. The first-order chi connectivity index (χ1) is 10.6. The van der Waals surface area contributed by atoms with Crippen molar-refractivity contribution in [1.82, 2.24) is 19.7 Å². The number of benzene rings is 1. The Bertz CT molecular complexity index is 677. The molecule has 1 saturated heterocycles. The molecule has 0 spiro atoms. The van der Waals surface area contributed by atoms with Gasteiger partial charge in [0.2, 0.25) is 5.91 Å². The number of nitrogens with zero attached hydrogens (tertiary/aromatic N) is 4. The average molecular weight is 316 g/mol. The van der Waals surface area contributed by atoms with Crippen LogP contribution in [0.5, 0.6) is 0 Å². The highest BCUT2D eigenvalue weighted by Gasteiger charge is 2.19. The molecule has 1 aliphatic heterocycles. The normalized spacial score (nSPS) is 14.5. The van der Waals surface area contributed by atoms with Crippen LogP contribution in [0.15, 0.2) is 29.4 Å². The van der Waals surface area contributed by atoms with Crippen LogP contribution >= 0.6 is 11.8 Å². The van der Waals surface area contributed by atoms with Crippen molar-refractivity contribution in [1.29, 1.82) is 0 Å². The highest BCUT2D eigenvalue weighted by Crippen LogP contribution is 2.23. The highest BCUT2D eigenvalue weighted by molar-refractivity contribution is 7.99. The van der Waals surface area contributed by atoms with Gasteiger partial charge < -0.3 is 9.47 Å². The van der Waals surface area contributed by atoms with Gasteiger partial charge >= 0.3 is 0 Å². The Kier molecular flexibility index (Phi) is 4.47. The Labute approximate surface area is 134 Å². The molecule has 6 heteroatoms. The number of carbonyl (C=O) groups is 1. The molecule has 0 bridgehead atoms. The van der Waals surface area contributed by atoms with Crippen molar-refractivity contribution in [3.8, 4) is 11.4 Å². The van der Waals surface area contributed by atoms with E-state index in [2.05, 4.69) is 29.3 Å². The number of hydrogen-bond donors (Lipinski definition) is 0. The quantitative estimate of drug-likeness (QED) is 0.813. The molecule has 0 atom stereocenters. The van der Waals surface area contributed by atoms with Crippen LogP contribution < -0.4 is 0 Å². The van der Waals surface area contributed by atoms with E-state index in [9.17, 15) is 4.79 Å². The van der Waals surface area contributed by atoms with E-state index in [1.807, 2.05) is 28.6 Å². The Hall–Kier alpha value is -1.82. The number of carbonyl (C=O) groups excluding carboxylic acids is 1. The topological polar surface area (TPSA) is 51.0 Å². The van der Waals surface area contributed by atoms with Gasteiger partial charge in [-0.15, -0.1) is 10.2 Å². The average Bonchev–Trinajstić information content (AvgIpc) is 3.15. The molecule has 0 saturated carbocycles. The van der Waals surface area contributed by atoms with Crippen molar-refractivity contribution < 1.29 is 4.79 Å². The lowest BCUT2D eigenvalue weighted by Crippen LogP contribution is -2.29. The van der Waals surface area contributed by atoms with E-state index < -0.39 is 0 Å². The number of thioether (sulfide) groups is 1. The van der Waals surface area contributed by atoms with Crippen LogP contribution in [-0.2, 0) is 11.8 Å². The molecule has 0 N–H and O–H groups in total. The minimum Gasteiger partial charge on any atom is -0.342 e. The van der Waals surface area contributed by atoms with Crippen molar-refractivity contribution >= 4 is 17.7 Å². The van der Waals surface area contributed by atoms with E-state index in [0.717, 1.165) is 42.5 Å². The maximum absolute atomic E-state index is 12.1. The van der Waals surface area contributed by atoms with Crippen molar-refractivity contribution in [2.75, 3.05) is 18.8 Å². The minimum absolute atomic E-state index is 0.197. The molecule has 1 amide bonds. The number of rotatable bonds is 4. The summed E-state index contributed by atoms with van der Waals surface area (Å²) >= 11 is 1.46. The van der Waals surface area contributed by atoms with Crippen LogP contribution in [0.2, 0.25) is 0 Å². The van der Waals surface area contributed by atoms with Gasteiger partial charge in [0.25, 0.3) is 0 Å². The first-order valence-electron chi connectivity index (χ1n) is 7.52. The van der Waals surface area contributed by atoms with E-state index in [1.165, 1.54) is 17.3 Å². The molecular weight excluding hydrogens is 296 g/mol. The van der Waals surface area contributed by atoms with Crippen LogP contribution in [0, 0.1) is 6.92 Å². The molecule has 1 aromatic heterocycles. The lowest BCUT2D eigenvalue weighted by Gasteiger charge is -2.14. The van der Waals surface area contributed by atoms with Crippen LogP contribution in [-0.4, -0.2) is 44.4 Å². The smallest absolute Gasteiger partial charge is 0.233 e. The van der Waals surface area contributed by atoms with E-state index in [4.69, 9.17) is 0 Å². The zero-order valence-corrected chi connectivity index (χ0v) is 13.8. The van der Waals surface area contributed by atoms with Gasteiger partial charge in [-0.2, -0.15) is 0 Å². The largest absolute Gasteiger partial charge is 0.342 e. The maximum Gasteiger partial charge on any atom is 0.233 e. The van der Waals surface area contributed by atoms with Crippen LogP contribution in [0.1, 0.15) is 18.4 Å². The number of hydrogen-bond acceptors (Lipinski definition) is 4. The number of aryl methyl sites for hydroxylation is 1. The summed E-state index contributed by atoms with van der Waals surface area (Å²) in [5.41, 5.74) is 2.24. The monoisotopic (exact) mass is 316 g/mol. The molecule has 0 unspecified atom stereocenters. The highest BCUT2D eigenvalue weighted by atomic mass is 32.2. The molecule has 2 aromatic rings. The fraction of sp³-hybridized carbons (Fsp3) is 0.438. The lowest BCUT2D eigenvalue weighted by molar-refractivity contribution is -0.127. The van der Waals surface area contributed by atoms with Crippen LogP contribution in [0.3, 0.4) is 0 Å². The van der Waals surface area contributed by atoms with Crippen LogP contribution in [0.25, 0.3) is 11.4 Å². The predicted octanol–water partition coefficient (Wildman–Crippen LogP) is 2.51. The second kappa shape index (κ2) is 6.52. The Balaban J connectivity index is 1.69. The SMILES string of the molecule is Cc1cccc(-c2nnc(SCC(=O)N3CCCC3)n2C)c1. The molecule has 5 nitrogen and oxygen atoms in total. The van der Waals surface area contributed by atoms with Gasteiger partial charge in [-0.1, -0.05) is 35.5 Å². The molecular formula is C16H20N4OS. The minimum atomic E-state index is 0.197. The third kappa shape index (κ3) is 3.16. The summed E-state index contributed by atoms with van der Waals surface area (Å²) in [6.07, 6.45) is 2.25. The first-order valence-corrected chi connectivity index (χ1v) is 8.51. The molecule has 0 radical (unpaired) electrons. The third-order valence-corrected chi connectivity index (χ3v) is 4.90. The Morgan fingerprint density at radius 3 is 2.77 bits per heavy atom. The van der Waals surface area contributed by atoms with Gasteiger partial charge in [-0.05, 0) is 25.8 Å². The fourth-order valence-corrected chi connectivity index (χ4v) is 3.47. The molecule has 3 rings (SSSR count). The van der Waals surface area contributed by atoms with Crippen LogP contribution in [0.4, 0.5) is 0 Å². The summed E-state index contributed by atoms with van der Waals surface area (Å²) in [6.45, 7) is 3.85. The number of aromatic nitrogens is 3. The van der Waals surface area contributed by atoms with Gasteiger partial charge in [0.15, 0.2) is 11.0 Å². The summed E-state index contributed by atoms with van der Waals surface area (Å²) < 4.78 is 1.96. The van der Waals surface area contributed by atoms with Gasteiger partial charge in [-0.25, -0.2) is 0 Å². The number of amides is 1. The van der Waals surface area contributed by atoms with Gasteiger partial charge in [0.05, 0.1) is 5.75 Å². The van der Waals surface area contributed by atoms with E-state index >= 15 is 0 Å². The summed E-state index contributed by atoms with van der Waals surface area (Å²) in [5, 5.41) is 9.28. The van der Waals surface area contributed by atoms with Gasteiger partial charge in [0, 0.05) is 25.7 Å². The van der Waals surface area contributed by atoms with E-state index in [1.54, 1.807) is 0 Å². The third-order valence-electron chi connectivity index (χ3n) is 3.89. The van der Waals surface area contributed by atoms with Crippen molar-refractivity contribution in [2.24, 2.45) is 7.05 Å². The second-order valence-electron chi connectivity index (χ2n) is 5.61. The van der Waals surface area contributed by atoms with Gasteiger partial charge in [-0.3, -0.25) is 4.79 Å². The van der Waals surface area contributed by atoms with Crippen molar-refractivity contribution in [3.05, 3.63) is 29.8 Å².